The summed E-state index contributed by atoms with van der Waals surface area (Å²) < 4.78 is 10.9. The third-order valence-electron chi connectivity index (χ3n) is 2.96. The molecule has 0 aromatic rings. The van der Waals surface area contributed by atoms with E-state index in [4.69, 9.17) is 20.4 Å². The lowest BCUT2D eigenvalue weighted by Gasteiger charge is -2.22. The summed E-state index contributed by atoms with van der Waals surface area (Å²) >= 11 is 0. The Bertz CT molecular complexity index is 253. The average molecular weight is 274 g/mol. The summed E-state index contributed by atoms with van der Waals surface area (Å²) in [7, 11) is 0. The topological polar surface area (TPSA) is 77.1 Å². The van der Waals surface area contributed by atoms with Crippen molar-refractivity contribution in [2.24, 2.45) is 22.2 Å². The molecule has 5 nitrogen and oxygen atoms in total. The summed E-state index contributed by atoms with van der Waals surface area (Å²) in [6, 6.07) is 0. The number of amidine groups is 1. The first-order valence-corrected chi connectivity index (χ1v) is 7.03. The van der Waals surface area contributed by atoms with Crippen LogP contribution in [0.1, 0.15) is 47.0 Å². The van der Waals surface area contributed by atoms with Crippen molar-refractivity contribution < 1.29 is 14.7 Å². The van der Waals surface area contributed by atoms with Crippen molar-refractivity contribution in [1.82, 2.24) is 0 Å². The third-order valence-corrected chi connectivity index (χ3v) is 2.96. The molecule has 0 aromatic carbocycles. The van der Waals surface area contributed by atoms with Crippen molar-refractivity contribution in [1.29, 1.82) is 0 Å². The van der Waals surface area contributed by atoms with Gasteiger partial charge in [-0.2, -0.15) is 0 Å². The van der Waals surface area contributed by atoms with Gasteiger partial charge in [-0.3, -0.25) is 0 Å². The standard InChI is InChI=1S/C14H30N2O3/c1-12(2)11-19-10-9-18-8-6-5-7-14(3,4)13(15)16-17/h12,17H,5-11H2,1-4H3,(H2,15,16). The smallest absolute Gasteiger partial charge is 0.144 e. The summed E-state index contributed by atoms with van der Waals surface area (Å²) in [5.41, 5.74) is 5.37. The molecule has 0 unspecified atom stereocenters. The lowest BCUT2D eigenvalue weighted by molar-refractivity contribution is 0.0363. The Kier molecular flexibility index (Phi) is 9.61. The molecule has 0 rings (SSSR count). The molecule has 5 heteroatoms. The monoisotopic (exact) mass is 274 g/mol. The van der Waals surface area contributed by atoms with Crippen molar-refractivity contribution in [2.75, 3.05) is 26.4 Å². The van der Waals surface area contributed by atoms with E-state index < -0.39 is 0 Å². The highest BCUT2D eigenvalue weighted by Crippen LogP contribution is 2.23. The van der Waals surface area contributed by atoms with Gasteiger partial charge in [0.25, 0.3) is 0 Å². The molecule has 0 bridgehead atoms. The molecule has 0 aliphatic rings. The van der Waals surface area contributed by atoms with Gasteiger partial charge >= 0.3 is 0 Å². The summed E-state index contributed by atoms with van der Waals surface area (Å²) in [6.07, 6.45) is 2.86. The van der Waals surface area contributed by atoms with E-state index in [2.05, 4.69) is 19.0 Å². The maximum Gasteiger partial charge on any atom is 0.144 e. The molecule has 0 saturated carbocycles. The van der Waals surface area contributed by atoms with Gasteiger partial charge in [0.2, 0.25) is 0 Å². The highest BCUT2D eigenvalue weighted by molar-refractivity contribution is 5.85. The molecule has 0 spiro atoms. The second-order valence-corrected chi connectivity index (χ2v) is 5.91. The van der Waals surface area contributed by atoms with Crippen molar-refractivity contribution in [2.45, 2.75) is 47.0 Å². The van der Waals surface area contributed by atoms with Gasteiger partial charge in [-0.15, -0.1) is 0 Å². The van der Waals surface area contributed by atoms with Gasteiger partial charge in [0.05, 0.1) is 13.2 Å². The first-order chi connectivity index (χ1) is 8.90. The second kappa shape index (κ2) is 10.0. The predicted octanol–water partition coefficient (Wildman–Crippen LogP) is 2.62. The van der Waals surface area contributed by atoms with E-state index in [1.807, 2.05) is 13.8 Å². The molecule has 0 aliphatic carbocycles. The normalized spacial score (nSPS) is 13.2. The number of hydrogen-bond acceptors (Lipinski definition) is 4. The molecule has 3 N–H and O–H groups in total. The quantitative estimate of drug-likeness (QED) is 0.200. The number of nitrogens with two attached hydrogens (primary N) is 1. The maximum absolute atomic E-state index is 8.66. The molecular weight excluding hydrogens is 244 g/mol. The molecule has 0 aromatic heterocycles. The van der Waals surface area contributed by atoms with E-state index in [1.165, 1.54) is 0 Å². The Hall–Kier alpha value is -0.810. The highest BCUT2D eigenvalue weighted by atomic mass is 16.5. The van der Waals surface area contributed by atoms with E-state index in [-0.39, 0.29) is 11.3 Å². The highest BCUT2D eigenvalue weighted by Gasteiger charge is 2.22. The van der Waals surface area contributed by atoms with Crippen LogP contribution in [0.3, 0.4) is 0 Å². The van der Waals surface area contributed by atoms with Gasteiger partial charge in [0.15, 0.2) is 0 Å². The summed E-state index contributed by atoms with van der Waals surface area (Å²) in [6.45, 7) is 11.0. The van der Waals surface area contributed by atoms with Gasteiger partial charge in [0.1, 0.15) is 5.84 Å². The maximum atomic E-state index is 8.66. The molecule has 19 heavy (non-hydrogen) atoms. The van der Waals surface area contributed by atoms with E-state index in [0.717, 1.165) is 32.5 Å². The first kappa shape index (κ1) is 18.2. The number of oxime groups is 1. The Labute approximate surface area is 117 Å². The molecule has 0 saturated heterocycles. The summed E-state index contributed by atoms with van der Waals surface area (Å²) in [4.78, 5) is 0. The Morgan fingerprint density at radius 3 is 2.37 bits per heavy atom. The van der Waals surface area contributed by atoms with E-state index in [1.54, 1.807) is 0 Å². The molecule has 0 amide bonds. The van der Waals surface area contributed by atoms with Crippen LogP contribution < -0.4 is 5.73 Å². The van der Waals surface area contributed by atoms with Gasteiger partial charge in [0, 0.05) is 18.6 Å². The van der Waals surface area contributed by atoms with Crippen LogP contribution in [0, 0.1) is 11.3 Å². The van der Waals surface area contributed by atoms with Crippen LogP contribution in [0.4, 0.5) is 0 Å². The molecule has 0 radical (unpaired) electrons. The third kappa shape index (κ3) is 9.73. The Balaban J connectivity index is 3.41. The Morgan fingerprint density at radius 2 is 1.79 bits per heavy atom. The van der Waals surface area contributed by atoms with Crippen molar-refractivity contribution in [3.63, 3.8) is 0 Å². The molecule has 0 fully saturated rings. The fraction of sp³-hybridized carbons (Fsp3) is 0.929. The van der Waals surface area contributed by atoms with Crippen LogP contribution in [-0.4, -0.2) is 37.5 Å². The van der Waals surface area contributed by atoms with Crippen molar-refractivity contribution in [3.8, 4) is 0 Å². The zero-order chi connectivity index (χ0) is 14.7. The van der Waals surface area contributed by atoms with Crippen LogP contribution in [-0.2, 0) is 9.47 Å². The van der Waals surface area contributed by atoms with Gasteiger partial charge in [-0.05, 0) is 18.8 Å². The fourth-order valence-electron chi connectivity index (χ4n) is 1.57. The number of ether oxygens (including phenoxy) is 2. The molecule has 0 atom stereocenters. The number of rotatable bonds is 11. The minimum Gasteiger partial charge on any atom is -0.409 e. The molecular formula is C14H30N2O3. The van der Waals surface area contributed by atoms with Crippen LogP contribution in [0.15, 0.2) is 5.16 Å². The first-order valence-electron chi connectivity index (χ1n) is 7.03. The van der Waals surface area contributed by atoms with Gasteiger partial charge in [-0.1, -0.05) is 39.3 Å². The van der Waals surface area contributed by atoms with Crippen LogP contribution in [0.5, 0.6) is 0 Å². The predicted molar refractivity (Wildman–Crippen MR) is 77.5 cm³/mol. The number of nitrogens with zero attached hydrogens (tertiary/aromatic N) is 1. The SMILES string of the molecule is CC(C)COCCOCCCCC(C)(C)C(N)=NO. The van der Waals surface area contributed by atoms with E-state index >= 15 is 0 Å². The average Bonchev–Trinajstić information content (AvgIpc) is 2.35. The van der Waals surface area contributed by atoms with Crippen molar-refractivity contribution in [3.05, 3.63) is 0 Å². The molecule has 114 valence electrons. The number of unbranched alkanes of at least 4 members (excludes halogenated alkanes) is 1. The van der Waals surface area contributed by atoms with Crippen LogP contribution in [0.25, 0.3) is 0 Å². The van der Waals surface area contributed by atoms with E-state index in [9.17, 15) is 0 Å². The lowest BCUT2D eigenvalue weighted by atomic mass is 9.86. The fourth-order valence-corrected chi connectivity index (χ4v) is 1.57. The second-order valence-electron chi connectivity index (χ2n) is 5.91. The van der Waals surface area contributed by atoms with Gasteiger partial charge < -0.3 is 20.4 Å². The number of hydrogen-bond donors (Lipinski definition) is 2. The minimum absolute atomic E-state index is 0.255. The summed E-state index contributed by atoms with van der Waals surface area (Å²) in [5.74, 6) is 0.858. The van der Waals surface area contributed by atoms with Gasteiger partial charge in [-0.25, -0.2) is 0 Å². The molecule has 0 heterocycles. The zero-order valence-corrected chi connectivity index (χ0v) is 12.8. The van der Waals surface area contributed by atoms with E-state index in [0.29, 0.717) is 19.1 Å². The largest absolute Gasteiger partial charge is 0.409 e. The van der Waals surface area contributed by atoms with Crippen LogP contribution >= 0.6 is 0 Å². The minimum atomic E-state index is -0.255. The van der Waals surface area contributed by atoms with Crippen LogP contribution in [0.2, 0.25) is 0 Å². The zero-order valence-electron chi connectivity index (χ0n) is 12.8. The lowest BCUT2D eigenvalue weighted by Crippen LogP contribution is -2.31. The Morgan fingerprint density at radius 1 is 1.16 bits per heavy atom. The molecule has 0 aliphatic heterocycles. The summed E-state index contributed by atoms with van der Waals surface area (Å²) in [5, 5.41) is 11.7. The van der Waals surface area contributed by atoms with Crippen molar-refractivity contribution >= 4 is 5.84 Å².